The highest BCUT2D eigenvalue weighted by atomic mass is 16.5. The number of ether oxygens (including phenoxy) is 2. The first-order valence-corrected chi connectivity index (χ1v) is 20.4. The Kier molecular flexibility index (Phi) is 15.8. The normalized spacial score (nSPS) is 29.8. The molecule has 4 aliphatic rings. The minimum atomic E-state index is -1.36. The number of hydrogen-bond donors (Lipinski definition) is 5. The molecule has 0 unspecified atom stereocenters. The van der Waals surface area contributed by atoms with Gasteiger partial charge in [-0.1, -0.05) is 58.1 Å². The van der Waals surface area contributed by atoms with Crippen LogP contribution in [-0.4, -0.2) is 101 Å². The van der Waals surface area contributed by atoms with Crippen LogP contribution >= 0.6 is 0 Å². The summed E-state index contributed by atoms with van der Waals surface area (Å²) in [6, 6.07) is 0. The average molecular weight is 805 g/mol. The predicted octanol–water partition coefficient (Wildman–Crippen LogP) is 5.48. The molecule has 0 saturated heterocycles. The van der Waals surface area contributed by atoms with Crippen molar-refractivity contribution in [3.8, 4) is 17.2 Å². The molecule has 13 heteroatoms. The van der Waals surface area contributed by atoms with E-state index in [9.17, 15) is 29.7 Å². The molecular weight excluding hydrogens is 741 g/mol. The molecule has 0 aromatic heterocycles. The number of aliphatic hydroxyl groups excluding tert-OH is 2. The zero-order chi connectivity index (χ0) is 43.1. The molecule has 5 N–H and O–H groups in total. The van der Waals surface area contributed by atoms with Crippen LogP contribution in [0.2, 0.25) is 0 Å². The smallest absolute Gasteiger partial charge is 0.302 e. The number of phenols is 2. The first kappa shape index (κ1) is 46.1. The second kappa shape index (κ2) is 19.9. The Hall–Kier alpha value is -4.59. The molecule has 0 spiro atoms. The van der Waals surface area contributed by atoms with E-state index >= 15 is 0 Å². The van der Waals surface area contributed by atoms with Gasteiger partial charge in [-0.15, -0.1) is 0 Å². The highest BCUT2D eigenvalue weighted by molar-refractivity contribution is 6.20. The molecule has 13 nitrogen and oxygen atoms in total. The van der Waals surface area contributed by atoms with Gasteiger partial charge in [-0.05, 0) is 84.3 Å². The minimum absolute atomic E-state index is 0.00134. The van der Waals surface area contributed by atoms with E-state index in [0.717, 1.165) is 20.2 Å². The summed E-state index contributed by atoms with van der Waals surface area (Å²) in [5.74, 6) is -2.30. The van der Waals surface area contributed by atoms with Crippen LogP contribution in [0.1, 0.15) is 96.5 Å². The van der Waals surface area contributed by atoms with Crippen LogP contribution in [0.3, 0.4) is 0 Å². The van der Waals surface area contributed by atoms with Crippen molar-refractivity contribution in [3.63, 3.8) is 0 Å². The molecule has 0 radical (unpaired) electrons. The van der Waals surface area contributed by atoms with Crippen LogP contribution in [-0.2, 0) is 14.3 Å². The summed E-state index contributed by atoms with van der Waals surface area (Å²) in [6.45, 7) is 16.6. The Labute approximate surface area is 342 Å². The maximum absolute atomic E-state index is 14.7. The molecule has 0 saturated carbocycles. The summed E-state index contributed by atoms with van der Waals surface area (Å²) in [6.07, 6.45) is 10.7. The lowest BCUT2D eigenvalue weighted by Crippen LogP contribution is -2.40. The van der Waals surface area contributed by atoms with Gasteiger partial charge in [0, 0.05) is 56.0 Å². The van der Waals surface area contributed by atoms with Crippen LogP contribution in [0.15, 0.2) is 45.9 Å². The van der Waals surface area contributed by atoms with Gasteiger partial charge in [-0.25, -0.2) is 0 Å². The van der Waals surface area contributed by atoms with Crippen molar-refractivity contribution in [3.05, 3.63) is 57.8 Å². The Balaban J connectivity index is 0.00000366. The molecule has 2 aromatic rings. The standard InChI is InChI=1S/C44H60N4O8.CH4O/c1-24-15-12-17-26(3)43(54)47-36-35-34(45-19-13-21-48(9)22-14-20-46-35)31-32(39(36)52)38(51)29(6)41-33(31)42(53)44(8,56-41)18-11-10-16-25(2)40(55-30(7)49)28(5)37(50)27(4)23-24;1-2/h10-12,15,17,24-25,27-28,37,40,50-52H,13-14,16,18-23H2,1-9H3,(H,47,54);2H,1H3/b11-10+,15-12+,26-17-,45-34?,46-35?;/t24-,25+,27+,28+,37+,40+,44+;/m0./s1. The first-order chi connectivity index (χ1) is 27.5. The van der Waals surface area contributed by atoms with E-state index in [4.69, 9.17) is 24.6 Å². The van der Waals surface area contributed by atoms with Crippen molar-refractivity contribution in [2.75, 3.05) is 45.7 Å². The Morgan fingerprint density at radius 3 is 2.24 bits per heavy atom. The molecule has 318 valence electrons. The molecule has 7 atom stereocenters. The predicted molar refractivity (Wildman–Crippen MR) is 225 cm³/mol. The largest absolute Gasteiger partial charge is 0.507 e. The van der Waals surface area contributed by atoms with Crippen molar-refractivity contribution in [2.24, 2.45) is 33.7 Å². The van der Waals surface area contributed by atoms with Crippen molar-refractivity contribution in [2.45, 2.75) is 105 Å². The number of esters is 1. The van der Waals surface area contributed by atoms with Crippen molar-refractivity contribution >= 4 is 34.1 Å². The molecule has 5 bridgehead atoms. The molecule has 1 amide bonds. The molecule has 4 aliphatic heterocycles. The summed E-state index contributed by atoms with van der Waals surface area (Å²) in [7, 11) is 3.04. The topological polar surface area (TPSA) is 191 Å². The van der Waals surface area contributed by atoms with E-state index in [2.05, 4.69) is 10.2 Å². The molecule has 2 aromatic carbocycles. The average Bonchev–Trinajstić information content (AvgIpc) is 3.42. The number of fused-ring (bicyclic) bond motifs is 13. The van der Waals surface area contributed by atoms with Gasteiger partial charge in [0.15, 0.2) is 11.4 Å². The van der Waals surface area contributed by atoms with E-state index in [1.54, 1.807) is 32.9 Å². The lowest BCUT2D eigenvalue weighted by molar-refractivity contribution is -0.156. The summed E-state index contributed by atoms with van der Waals surface area (Å²) in [4.78, 5) is 52.8. The fraction of sp³-hybridized carbons (Fsp3) is 0.578. The molecule has 0 fully saturated rings. The van der Waals surface area contributed by atoms with E-state index in [1.807, 2.05) is 53.0 Å². The van der Waals surface area contributed by atoms with E-state index in [-0.39, 0.29) is 80.3 Å². The number of aliphatic hydroxyl groups is 2. The summed E-state index contributed by atoms with van der Waals surface area (Å²) in [5, 5.41) is 45.9. The van der Waals surface area contributed by atoms with Gasteiger partial charge in [0.25, 0.3) is 5.91 Å². The summed E-state index contributed by atoms with van der Waals surface area (Å²) in [5.41, 5.74) is -0.515. The number of hydrogen-bond acceptors (Lipinski definition) is 12. The van der Waals surface area contributed by atoms with Gasteiger partial charge in [-0.2, -0.15) is 0 Å². The number of nitrogens with zero attached hydrogens (tertiary/aromatic N) is 3. The third-order valence-corrected chi connectivity index (χ3v) is 11.6. The first-order valence-electron chi connectivity index (χ1n) is 20.4. The quantitative estimate of drug-likeness (QED) is 0.140. The van der Waals surface area contributed by atoms with Crippen LogP contribution in [0.4, 0.5) is 5.69 Å². The molecule has 58 heavy (non-hydrogen) atoms. The number of nitrogens with one attached hydrogen (secondary N) is 1. The number of rotatable bonds is 1. The third kappa shape index (κ3) is 9.98. The number of Topliss-reactive ketones (excluding diaryl/α,β-unsaturated/α-hetero) is 1. The number of carbonyl (C=O) groups is 3. The third-order valence-electron chi connectivity index (χ3n) is 11.6. The Morgan fingerprint density at radius 2 is 1.60 bits per heavy atom. The highest BCUT2D eigenvalue weighted by Gasteiger charge is 2.47. The van der Waals surface area contributed by atoms with Crippen LogP contribution in [0.5, 0.6) is 17.2 Å². The molecule has 0 aliphatic carbocycles. The van der Waals surface area contributed by atoms with Gasteiger partial charge in [0.1, 0.15) is 28.6 Å². The second-order valence-corrected chi connectivity index (χ2v) is 16.5. The number of phenolic OH excluding ortho intramolecular Hbond substituents is 2. The minimum Gasteiger partial charge on any atom is -0.507 e. The number of aromatic hydroxyl groups is 2. The SMILES string of the molecule is CC(=O)O[C@H]1[C@H](C)[C@H](O)[C@H](C)C[C@@H](C)/C=C/C=C(/C)C(=O)Nc2c(O)c3c(O)c(C)c4c(c3c3c2=NCCCN(C)CCCN=3)C(=O)[C@@](C)(C/C=C/C[C@H]1C)O4.CO. The number of amides is 1. The van der Waals surface area contributed by atoms with Gasteiger partial charge >= 0.3 is 5.97 Å². The Morgan fingerprint density at radius 1 is 0.966 bits per heavy atom. The monoisotopic (exact) mass is 804 g/mol. The van der Waals surface area contributed by atoms with Crippen LogP contribution in [0.25, 0.3) is 10.8 Å². The Bertz CT molecular complexity index is 2080. The van der Waals surface area contributed by atoms with Gasteiger partial charge in [0.2, 0.25) is 5.78 Å². The summed E-state index contributed by atoms with van der Waals surface area (Å²) >= 11 is 0. The highest BCUT2D eigenvalue weighted by Crippen LogP contribution is 2.49. The van der Waals surface area contributed by atoms with Crippen molar-refractivity contribution in [1.29, 1.82) is 0 Å². The molecular formula is C45H64N4O9. The fourth-order valence-electron chi connectivity index (χ4n) is 8.28. The van der Waals surface area contributed by atoms with Crippen molar-refractivity contribution < 1.29 is 44.3 Å². The maximum Gasteiger partial charge on any atom is 0.302 e. The number of carbonyl (C=O) groups excluding carboxylic acids is 3. The van der Waals surface area contributed by atoms with E-state index in [1.165, 1.54) is 6.92 Å². The van der Waals surface area contributed by atoms with Crippen LogP contribution in [0, 0.1) is 30.6 Å². The zero-order valence-electron chi connectivity index (χ0n) is 35.9. The van der Waals surface area contributed by atoms with E-state index < -0.39 is 35.4 Å². The van der Waals surface area contributed by atoms with Gasteiger partial charge in [0.05, 0.1) is 22.4 Å². The number of allylic oxidation sites excluding steroid dienone is 4. The lowest BCUT2D eigenvalue weighted by atomic mass is 9.80. The zero-order valence-corrected chi connectivity index (χ0v) is 35.9. The summed E-state index contributed by atoms with van der Waals surface area (Å²) < 4.78 is 12.3. The maximum atomic E-state index is 14.7. The van der Waals surface area contributed by atoms with Gasteiger partial charge in [-0.3, -0.25) is 24.4 Å². The van der Waals surface area contributed by atoms with Crippen molar-refractivity contribution in [1.82, 2.24) is 4.90 Å². The fourth-order valence-corrected chi connectivity index (χ4v) is 8.28. The van der Waals surface area contributed by atoms with E-state index in [0.29, 0.717) is 49.7 Å². The number of ketones is 1. The van der Waals surface area contributed by atoms with Crippen LogP contribution < -0.4 is 20.8 Å². The number of benzene rings is 2. The second-order valence-electron chi connectivity index (χ2n) is 16.5. The lowest BCUT2D eigenvalue weighted by Gasteiger charge is -2.34. The van der Waals surface area contributed by atoms with Gasteiger partial charge < -0.3 is 40.1 Å². The number of anilines is 1. The molecule has 6 rings (SSSR count). The molecule has 4 heterocycles.